The minimum absolute atomic E-state index is 0.0337. The molecule has 0 aromatic heterocycles. The lowest BCUT2D eigenvalue weighted by Gasteiger charge is -2.37. The van der Waals surface area contributed by atoms with Crippen molar-refractivity contribution in [2.24, 2.45) is 4.99 Å². The molecule has 8 heteroatoms. The van der Waals surface area contributed by atoms with E-state index in [1.54, 1.807) is 6.34 Å². The maximum atomic E-state index is 13.6. The van der Waals surface area contributed by atoms with Crippen molar-refractivity contribution in [2.75, 3.05) is 19.6 Å². The zero-order valence-corrected chi connectivity index (χ0v) is 19.4. The molecule has 168 valence electrons. The van der Waals surface area contributed by atoms with Crippen LogP contribution in [0.4, 0.5) is 4.79 Å². The van der Waals surface area contributed by atoms with Gasteiger partial charge in [-0.25, -0.2) is 9.79 Å². The molecule has 2 heterocycles. The Morgan fingerprint density at radius 3 is 2.41 bits per heavy atom. The minimum atomic E-state index is 0.0337. The third-order valence-electron chi connectivity index (χ3n) is 5.70. The maximum Gasteiger partial charge on any atom is 0.320 e. The Bertz CT molecular complexity index is 962. The van der Waals surface area contributed by atoms with Crippen LogP contribution in [0.2, 0.25) is 10.0 Å². The first-order valence-electron chi connectivity index (χ1n) is 10.9. The summed E-state index contributed by atoms with van der Waals surface area (Å²) in [6, 6.07) is 15.6. The molecule has 2 aromatic carbocycles. The van der Waals surface area contributed by atoms with E-state index >= 15 is 0 Å². The highest BCUT2D eigenvalue weighted by molar-refractivity contribution is 6.30. The van der Waals surface area contributed by atoms with Gasteiger partial charge in [0.2, 0.25) is 0 Å². The van der Waals surface area contributed by atoms with Gasteiger partial charge in [0.1, 0.15) is 5.70 Å². The van der Waals surface area contributed by atoms with Gasteiger partial charge in [0.15, 0.2) is 6.34 Å². The van der Waals surface area contributed by atoms with Crippen molar-refractivity contribution in [1.82, 2.24) is 15.1 Å². The molecule has 0 spiro atoms. The second-order valence-corrected chi connectivity index (χ2v) is 9.11. The second kappa shape index (κ2) is 11.0. The predicted octanol–water partition coefficient (Wildman–Crippen LogP) is 3.62. The first-order valence-corrected chi connectivity index (χ1v) is 11.6. The highest BCUT2D eigenvalue weighted by Crippen LogP contribution is 2.20. The second-order valence-electron chi connectivity index (χ2n) is 8.23. The quantitative estimate of drug-likeness (QED) is 0.646. The van der Waals surface area contributed by atoms with Crippen LogP contribution in [0.1, 0.15) is 24.0 Å². The number of urea groups is 1. The molecular weight excluding hydrogens is 445 g/mol. The number of carbonyl (C=O) groups excluding carboxylic acids is 1. The van der Waals surface area contributed by atoms with Gasteiger partial charge in [-0.05, 0) is 48.2 Å². The molecule has 1 unspecified atom stereocenters. The minimum Gasteiger partial charge on any atom is -0.323 e. The Balaban J connectivity index is 1.45. The summed E-state index contributed by atoms with van der Waals surface area (Å²) in [5.41, 5.74) is 3.17. The van der Waals surface area contributed by atoms with E-state index in [2.05, 4.69) is 10.3 Å². The van der Waals surface area contributed by atoms with E-state index in [0.717, 1.165) is 42.8 Å². The van der Waals surface area contributed by atoms with Crippen LogP contribution in [0.3, 0.4) is 0 Å². The fourth-order valence-electron chi connectivity index (χ4n) is 4.11. The van der Waals surface area contributed by atoms with Gasteiger partial charge in [0.25, 0.3) is 0 Å². The van der Waals surface area contributed by atoms with Crippen molar-refractivity contribution in [3.63, 3.8) is 0 Å². The van der Waals surface area contributed by atoms with Gasteiger partial charge in [-0.3, -0.25) is 5.32 Å². The molecule has 1 saturated heterocycles. The molecule has 6 nitrogen and oxygen atoms in total. The SMILES string of the molecule is O=C(N(Cc1cccc(Cl)c1)Cc1cccc(Cl)c1)N1CCCC(NCC2=CN=C[NH2+]2)C1. The van der Waals surface area contributed by atoms with Crippen molar-refractivity contribution >= 4 is 35.6 Å². The first-order chi connectivity index (χ1) is 15.6. The largest absolute Gasteiger partial charge is 0.323 e. The van der Waals surface area contributed by atoms with E-state index in [-0.39, 0.29) is 12.1 Å². The van der Waals surface area contributed by atoms with Crippen LogP contribution in [0.5, 0.6) is 0 Å². The Morgan fingerprint density at radius 1 is 1.12 bits per heavy atom. The van der Waals surface area contributed by atoms with Crippen LogP contribution in [0.15, 0.2) is 65.4 Å². The number of hydrogen-bond donors (Lipinski definition) is 2. The van der Waals surface area contributed by atoms with Crippen molar-refractivity contribution in [3.8, 4) is 0 Å². The van der Waals surface area contributed by atoms with Gasteiger partial charge in [0.05, 0.1) is 12.7 Å². The van der Waals surface area contributed by atoms with Crippen molar-refractivity contribution in [2.45, 2.75) is 32.0 Å². The number of nitrogens with zero attached hydrogens (tertiary/aromatic N) is 3. The highest BCUT2D eigenvalue weighted by Gasteiger charge is 2.27. The number of halogens is 2. The van der Waals surface area contributed by atoms with E-state index in [4.69, 9.17) is 23.2 Å². The fraction of sp³-hybridized carbons (Fsp3) is 0.333. The van der Waals surface area contributed by atoms with Gasteiger partial charge >= 0.3 is 6.03 Å². The van der Waals surface area contributed by atoms with Crippen LogP contribution in [-0.4, -0.2) is 47.8 Å². The Labute approximate surface area is 198 Å². The standard InChI is InChI=1S/C24H27Cl2N5O/c25-20-6-1-4-18(10-20)14-31(15-19-5-2-7-21(26)11-19)24(32)30-9-3-8-22(16-30)28-13-23-12-27-17-29-23/h1-2,4-7,10-12,17,22,28H,3,8-9,13-16H2,(H,27,29)/p+1. The number of benzene rings is 2. The zero-order chi connectivity index (χ0) is 22.3. The fourth-order valence-corrected chi connectivity index (χ4v) is 4.53. The summed E-state index contributed by atoms with van der Waals surface area (Å²) in [7, 11) is 0. The summed E-state index contributed by atoms with van der Waals surface area (Å²) >= 11 is 12.4. The van der Waals surface area contributed by atoms with Gasteiger partial charge in [0, 0.05) is 42.3 Å². The molecule has 32 heavy (non-hydrogen) atoms. The molecule has 1 atom stereocenters. The average molecular weight is 473 g/mol. The smallest absolute Gasteiger partial charge is 0.320 e. The Hall–Kier alpha value is -2.38. The maximum absolute atomic E-state index is 13.6. The lowest BCUT2D eigenvalue weighted by molar-refractivity contribution is -0.471. The predicted molar refractivity (Wildman–Crippen MR) is 129 cm³/mol. The first kappa shape index (κ1) is 22.8. The molecule has 2 aliphatic rings. The molecule has 0 saturated carbocycles. The van der Waals surface area contributed by atoms with Crippen LogP contribution in [0, 0.1) is 0 Å². The summed E-state index contributed by atoms with van der Waals surface area (Å²) in [5, 5.41) is 6.92. The molecule has 1 fully saturated rings. The van der Waals surface area contributed by atoms with Crippen LogP contribution in [0.25, 0.3) is 0 Å². The van der Waals surface area contributed by atoms with Gasteiger partial charge < -0.3 is 15.1 Å². The third kappa shape index (κ3) is 6.33. The van der Waals surface area contributed by atoms with Crippen molar-refractivity contribution < 1.29 is 10.1 Å². The lowest BCUT2D eigenvalue weighted by atomic mass is 10.1. The molecule has 2 amide bonds. The molecule has 3 N–H and O–H groups in total. The average Bonchev–Trinajstić information content (AvgIpc) is 3.31. The normalized spacial score (nSPS) is 18.0. The number of likely N-dealkylation sites (tertiary alicyclic amines) is 1. The number of carbonyl (C=O) groups is 1. The summed E-state index contributed by atoms with van der Waals surface area (Å²) in [4.78, 5) is 21.6. The molecule has 0 aliphatic carbocycles. The summed E-state index contributed by atoms with van der Waals surface area (Å²) in [6.45, 7) is 3.19. The monoisotopic (exact) mass is 472 g/mol. The number of piperidine rings is 1. The molecular formula is C24H28Cl2N5O+. The van der Waals surface area contributed by atoms with E-state index < -0.39 is 0 Å². The lowest BCUT2D eigenvalue weighted by Crippen LogP contribution is -2.80. The Morgan fingerprint density at radius 2 is 1.81 bits per heavy atom. The summed E-state index contributed by atoms with van der Waals surface area (Å²) in [5.74, 6) is 0. The molecule has 2 aliphatic heterocycles. The third-order valence-corrected chi connectivity index (χ3v) is 6.17. The number of hydrogen-bond acceptors (Lipinski definition) is 3. The van der Waals surface area contributed by atoms with E-state index in [0.29, 0.717) is 29.7 Å². The highest BCUT2D eigenvalue weighted by atomic mass is 35.5. The Kier molecular flexibility index (Phi) is 7.81. The number of nitrogens with two attached hydrogens (primary N) is 1. The summed E-state index contributed by atoms with van der Waals surface area (Å²) in [6.07, 6.45) is 5.71. The van der Waals surface area contributed by atoms with Gasteiger partial charge in [-0.15, -0.1) is 0 Å². The number of aliphatic imine (C=N–C) groups is 1. The number of quaternary nitrogens is 1. The van der Waals surface area contributed by atoms with Gasteiger partial charge in [-0.1, -0.05) is 47.5 Å². The summed E-state index contributed by atoms with van der Waals surface area (Å²) < 4.78 is 0. The number of rotatable bonds is 7. The molecule has 2 aromatic rings. The van der Waals surface area contributed by atoms with E-state index in [1.807, 2.05) is 69.8 Å². The topological polar surface area (TPSA) is 64.6 Å². The van der Waals surface area contributed by atoms with Crippen molar-refractivity contribution in [1.29, 1.82) is 0 Å². The number of amides is 2. The van der Waals surface area contributed by atoms with Gasteiger partial charge in [-0.2, -0.15) is 0 Å². The van der Waals surface area contributed by atoms with Crippen LogP contribution >= 0.6 is 23.2 Å². The van der Waals surface area contributed by atoms with E-state index in [1.165, 1.54) is 0 Å². The molecule has 0 bridgehead atoms. The van der Waals surface area contributed by atoms with Crippen LogP contribution < -0.4 is 10.6 Å². The van der Waals surface area contributed by atoms with Crippen LogP contribution in [-0.2, 0) is 13.1 Å². The van der Waals surface area contributed by atoms with E-state index in [9.17, 15) is 4.79 Å². The zero-order valence-electron chi connectivity index (χ0n) is 17.9. The number of nitrogens with one attached hydrogen (secondary N) is 1. The molecule has 4 rings (SSSR count). The van der Waals surface area contributed by atoms with Crippen molar-refractivity contribution in [3.05, 3.63) is 81.6 Å². The molecule has 0 radical (unpaired) electrons.